The molecule has 1 aliphatic carbocycles. The number of fused-ring (bicyclic) bond motifs is 1. The van der Waals surface area contributed by atoms with Gasteiger partial charge in [0.05, 0.1) is 16.8 Å². The van der Waals surface area contributed by atoms with E-state index in [0.29, 0.717) is 12.8 Å². The van der Waals surface area contributed by atoms with Crippen molar-refractivity contribution in [2.24, 2.45) is 11.8 Å². The van der Waals surface area contributed by atoms with E-state index in [1.807, 2.05) is 13.0 Å². The normalized spacial score (nSPS) is 24.8. The zero-order chi connectivity index (χ0) is 15.1. The monoisotopic (exact) mass is 286 g/mol. The van der Waals surface area contributed by atoms with E-state index in [9.17, 15) is 19.7 Å². The van der Waals surface area contributed by atoms with Gasteiger partial charge in [-0.3, -0.25) is 19.7 Å². The highest BCUT2D eigenvalue weighted by atomic mass is 16.6. The third-order valence-corrected chi connectivity index (χ3v) is 4.14. The molecule has 1 aromatic rings. The minimum atomic E-state index is -0.568. The van der Waals surface area contributed by atoms with E-state index in [0.717, 1.165) is 10.5 Å². The summed E-state index contributed by atoms with van der Waals surface area (Å²) < 4.78 is 0. The Bertz CT molecular complexity index is 680. The maximum Gasteiger partial charge on any atom is 0.293 e. The number of carbonyl (C=O) groups excluding carboxylic acids is 2. The molecule has 2 atom stereocenters. The van der Waals surface area contributed by atoms with Gasteiger partial charge in [-0.1, -0.05) is 23.8 Å². The topological polar surface area (TPSA) is 80.5 Å². The molecule has 0 radical (unpaired) electrons. The van der Waals surface area contributed by atoms with Crippen molar-refractivity contribution in [3.05, 3.63) is 46.0 Å². The van der Waals surface area contributed by atoms with E-state index >= 15 is 0 Å². The minimum absolute atomic E-state index is 0.0737. The fourth-order valence-corrected chi connectivity index (χ4v) is 3.08. The number of nitrogens with zero attached hydrogens (tertiary/aromatic N) is 2. The summed E-state index contributed by atoms with van der Waals surface area (Å²) >= 11 is 0. The van der Waals surface area contributed by atoms with Crippen molar-refractivity contribution >= 4 is 23.2 Å². The fraction of sp³-hybridized carbons (Fsp3) is 0.333. The molecule has 1 aromatic carbocycles. The molecule has 21 heavy (non-hydrogen) atoms. The predicted octanol–water partition coefficient (Wildman–Crippen LogP) is 2.44. The Kier molecular flexibility index (Phi) is 3.08. The summed E-state index contributed by atoms with van der Waals surface area (Å²) in [4.78, 5) is 36.5. The van der Waals surface area contributed by atoms with Crippen LogP contribution < -0.4 is 4.90 Å². The molecule has 0 aromatic heterocycles. The molecular weight excluding hydrogens is 272 g/mol. The Morgan fingerprint density at radius 3 is 2.57 bits per heavy atom. The highest BCUT2D eigenvalue weighted by Gasteiger charge is 2.49. The van der Waals surface area contributed by atoms with Crippen LogP contribution in [0.3, 0.4) is 0 Å². The standard InChI is InChI=1S/C15H14N2O4/c1-9-6-7-10-11(8-9)15(19)16(14(10)18)12-4-2-3-5-13(12)17(20)21/h2-6,10-11H,7-8H2,1H3. The molecule has 1 fully saturated rings. The van der Waals surface area contributed by atoms with E-state index in [1.54, 1.807) is 6.07 Å². The number of carbonyl (C=O) groups is 2. The van der Waals surface area contributed by atoms with E-state index in [1.165, 1.54) is 18.2 Å². The second kappa shape index (κ2) is 4.80. The predicted molar refractivity (Wildman–Crippen MR) is 75.6 cm³/mol. The minimum Gasteiger partial charge on any atom is -0.274 e. The first-order valence-electron chi connectivity index (χ1n) is 6.77. The second-order valence-electron chi connectivity index (χ2n) is 5.46. The number of hydrogen-bond donors (Lipinski definition) is 0. The van der Waals surface area contributed by atoms with Crippen LogP contribution in [0.25, 0.3) is 0 Å². The fourth-order valence-electron chi connectivity index (χ4n) is 3.08. The van der Waals surface area contributed by atoms with Gasteiger partial charge in [-0.15, -0.1) is 0 Å². The first-order valence-corrected chi connectivity index (χ1v) is 6.77. The molecule has 3 rings (SSSR count). The smallest absolute Gasteiger partial charge is 0.274 e. The van der Waals surface area contributed by atoms with Crippen molar-refractivity contribution in [2.75, 3.05) is 4.90 Å². The number of nitro groups is 1. The highest BCUT2D eigenvalue weighted by Crippen LogP contribution is 2.41. The van der Waals surface area contributed by atoms with E-state index in [-0.39, 0.29) is 35.0 Å². The van der Waals surface area contributed by atoms with Crippen LogP contribution >= 0.6 is 0 Å². The number of hydrogen-bond acceptors (Lipinski definition) is 4. The van der Waals surface area contributed by atoms with Crippen LogP contribution in [-0.4, -0.2) is 16.7 Å². The lowest BCUT2D eigenvalue weighted by molar-refractivity contribution is -0.384. The number of para-hydroxylation sites is 2. The van der Waals surface area contributed by atoms with Gasteiger partial charge < -0.3 is 0 Å². The van der Waals surface area contributed by atoms with E-state index in [4.69, 9.17) is 0 Å². The van der Waals surface area contributed by atoms with Crippen molar-refractivity contribution in [1.29, 1.82) is 0 Å². The molecule has 1 saturated heterocycles. The van der Waals surface area contributed by atoms with Crippen molar-refractivity contribution in [1.82, 2.24) is 0 Å². The summed E-state index contributed by atoms with van der Waals surface area (Å²) in [5.41, 5.74) is 0.939. The molecule has 0 spiro atoms. The molecule has 6 nitrogen and oxygen atoms in total. The van der Waals surface area contributed by atoms with Gasteiger partial charge in [0.15, 0.2) is 0 Å². The lowest BCUT2D eigenvalue weighted by Gasteiger charge is -2.18. The number of benzene rings is 1. The number of anilines is 1. The molecule has 6 heteroatoms. The molecule has 0 saturated carbocycles. The molecule has 2 aliphatic rings. The first-order chi connectivity index (χ1) is 10.0. The van der Waals surface area contributed by atoms with Gasteiger partial charge in [0.1, 0.15) is 5.69 Å². The Hall–Kier alpha value is -2.50. The SMILES string of the molecule is CC1=CCC2C(=O)N(c3ccccc3[N+](=O)[O-])C(=O)C2C1. The Balaban J connectivity index is 2.04. The number of amides is 2. The average molecular weight is 286 g/mol. The van der Waals surface area contributed by atoms with Gasteiger partial charge in [0.25, 0.3) is 5.69 Å². The van der Waals surface area contributed by atoms with Gasteiger partial charge in [-0.05, 0) is 25.8 Å². The second-order valence-corrected chi connectivity index (χ2v) is 5.46. The maximum absolute atomic E-state index is 12.5. The van der Waals surface area contributed by atoms with Crippen molar-refractivity contribution in [3.8, 4) is 0 Å². The van der Waals surface area contributed by atoms with Crippen LogP contribution in [0, 0.1) is 22.0 Å². The van der Waals surface area contributed by atoms with Gasteiger partial charge in [-0.2, -0.15) is 0 Å². The van der Waals surface area contributed by atoms with Crippen LogP contribution in [0.2, 0.25) is 0 Å². The summed E-state index contributed by atoms with van der Waals surface area (Å²) in [7, 11) is 0. The summed E-state index contributed by atoms with van der Waals surface area (Å²) in [5, 5.41) is 11.1. The first kappa shape index (κ1) is 13.5. The zero-order valence-electron chi connectivity index (χ0n) is 11.5. The average Bonchev–Trinajstić information content (AvgIpc) is 2.70. The number of allylic oxidation sites excluding steroid dienone is 2. The Labute approximate surface area is 121 Å². The highest BCUT2D eigenvalue weighted by molar-refractivity contribution is 6.23. The van der Waals surface area contributed by atoms with Crippen LogP contribution in [0.5, 0.6) is 0 Å². The largest absolute Gasteiger partial charge is 0.293 e. The lowest BCUT2D eigenvalue weighted by atomic mass is 9.82. The summed E-state index contributed by atoms with van der Waals surface area (Å²) in [6.07, 6.45) is 3.04. The van der Waals surface area contributed by atoms with Gasteiger partial charge >= 0.3 is 0 Å². The van der Waals surface area contributed by atoms with Crippen LogP contribution in [0.1, 0.15) is 19.8 Å². The number of imide groups is 1. The van der Waals surface area contributed by atoms with E-state index < -0.39 is 4.92 Å². The molecule has 2 unspecified atom stereocenters. The molecule has 0 bridgehead atoms. The Morgan fingerprint density at radius 2 is 1.86 bits per heavy atom. The maximum atomic E-state index is 12.5. The summed E-state index contributed by atoms with van der Waals surface area (Å²) in [6.45, 7) is 1.93. The number of nitro benzene ring substituents is 1. The van der Waals surface area contributed by atoms with E-state index in [2.05, 4.69) is 0 Å². The van der Waals surface area contributed by atoms with Crippen LogP contribution in [0.15, 0.2) is 35.9 Å². The number of rotatable bonds is 2. The van der Waals surface area contributed by atoms with Gasteiger partial charge in [0.2, 0.25) is 11.8 Å². The summed E-state index contributed by atoms with van der Waals surface area (Å²) in [5.74, 6) is -1.43. The third kappa shape index (κ3) is 2.03. The van der Waals surface area contributed by atoms with Crippen LogP contribution in [-0.2, 0) is 9.59 Å². The molecule has 108 valence electrons. The van der Waals surface area contributed by atoms with Crippen molar-refractivity contribution in [3.63, 3.8) is 0 Å². The van der Waals surface area contributed by atoms with Crippen molar-refractivity contribution in [2.45, 2.75) is 19.8 Å². The van der Waals surface area contributed by atoms with Gasteiger partial charge in [-0.25, -0.2) is 4.90 Å². The quantitative estimate of drug-likeness (QED) is 0.362. The lowest BCUT2D eigenvalue weighted by Crippen LogP contribution is -2.31. The van der Waals surface area contributed by atoms with Gasteiger partial charge in [0, 0.05) is 6.07 Å². The molecule has 1 heterocycles. The van der Waals surface area contributed by atoms with Crippen LogP contribution in [0.4, 0.5) is 11.4 Å². The molecule has 0 N–H and O–H groups in total. The molecular formula is C15H14N2O4. The zero-order valence-corrected chi connectivity index (χ0v) is 11.5. The third-order valence-electron chi connectivity index (χ3n) is 4.14. The Morgan fingerprint density at radius 1 is 1.19 bits per heavy atom. The van der Waals surface area contributed by atoms with Crippen molar-refractivity contribution < 1.29 is 14.5 Å². The molecule has 1 aliphatic heterocycles. The molecule has 2 amide bonds. The summed E-state index contributed by atoms with van der Waals surface area (Å²) in [6, 6.07) is 5.87.